The zero-order valence-electron chi connectivity index (χ0n) is 53.9. The topological polar surface area (TPSA) is 526 Å². The van der Waals surface area contributed by atoms with Crippen LogP contribution in [-0.4, -0.2) is 171 Å². The number of hydrogen-bond acceptors (Lipinski definition) is 21. The number of aromatic nitrogens is 5. The van der Waals surface area contributed by atoms with Crippen LogP contribution >= 0.6 is 33.2 Å². The summed E-state index contributed by atoms with van der Waals surface area (Å²) in [7, 11) is 2.11. The third kappa shape index (κ3) is 18.4. The average molecular weight is 1450 g/mol. The number of fused-ring (bicyclic) bond motifs is 6. The minimum Gasteiger partial charge on any atom is -0.507 e. The third-order valence-corrected chi connectivity index (χ3v) is 19.3. The molecule has 6 atom stereocenters. The van der Waals surface area contributed by atoms with Crippen molar-refractivity contribution in [3.63, 3.8) is 0 Å². The van der Waals surface area contributed by atoms with Crippen molar-refractivity contribution >= 4 is 154 Å². The number of nitrogens with zero attached hydrogens (tertiary/aromatic N) is 4. The SMILES string of the molecule is N=C(N)NCCC[C@@H](NC(=O)CC[C@@H](NC(=O)c1ccc(NCc2cnc3nc(N)[nH]c(=O)c3n2)cc1)C(=O)O)C(=O)N[C@H](CC(=O)O)C(=O)NC(CSSCCC(=O)NC1=CCC2NC(C(=O)Nc3ccc4[nH]c(C(=O)N5CC(CCl)c6c5cc(O)c5ccccc65)cc4c3)=CC2=C1)C(=O)O. The Morgan fingerprint density at radius 1 is 0.775 bits per heavy atom. The van der Waals surface area contributed by atoms with Gasteiger partial charge in [-0.3, -0.25) is 53.5 Å². The van der Waals surface area contributed by atoms with Crippen LogP contribution < -0.4 is 69.8 Å². The summed E-state index contributed by atoms with van der Waals surface area (Å²) < 4.78 is 0. The fraction of sp³-hybridized carbons (Fsp3) is 0.288. The number of anilines is 4. The number of amides is 7. The maximum atomic E-state index is 14.1. The Kier molecular flexibility index (Phi) is 23.6. The van der Waals surface area contributed by atoms with Gasteiger partial charge in [-0.05, 0) is 103 Å². The normalized spacial score (nSPS) is 15.5. The van der Waals surface area contributed by atoms with Crippen molar-refractivity contribution in [3.05, 3.63) is 153 Å². The lowest BCUT2D eigenvalue weighted by molar-refractivity contribution is -0.143. The van der Waals surface area contributed by atoms with Crippen LogP contribution in [0.2, 0.25) is 0 Å². The molecule has 0 fully saturated rings. The number of aromatic amines is 2. The van der Waals surface area contributed by atoms with E-state index >= 15 is 0 Å². The lowest BCUT2D eigenvalue weighted by atomic mass is 9.95. The first-order valence-electron chi connectivity index (χ1n) is 31.7. The van der Waals surface area contributed by atoms with Gasteiger partial charge in [0, 0.05) is 94.2 Å². The quantitative estimate of drug-likeness (QED) is 0.00947. The highest BCUT2D eigenvalue weighted by molar-refractivity contribution is 8.76. The Balaban J connectivity index is 0.660. The lowest BCUT2D eigenvalue weighted by Crippen LogP contribution is -2.56. The number of carboxylic acids is 3. The van der Waals surface area contributed by atoms with Gasteiger partial charge in [-0.2, -0.15) is 4.98 Å². The predicted molar refractivity (Wildman–Crippen MR) is 380 cm³/mol. The van der Waals surface area contributed by atoms with E-state index in [2.05, 4.69) is 72.8 Å². The number of carbonyl (C=O) groups excluding carboxylic acids is 7. The second kappa shape index (κ2) is 33.0. The molecule has 10 rings (SSSR count). The summed E-state index contributed by atoms with van der Waals surface area (Å²) in [6.07, 6.45) is 4.84. The minimum absolute atomic E-state index is 0.0206. The number of guanidine groups is 1. The van der Waals surface area contributed by atoms with E-state index in [9.17, 15) is 73.2 Å². The highest BCUT2D eigenvalue weighted by Crippen LogP contribution is 2.46. The molecule has 0 radical (unpaired) electrons. The van der Waals surface area contributed by atoms with Crippen LogP contribution in [0.25, 0.3) is 32.8 Å². The van der Waals surface area contributed by atoms with Crippen molar-refractivity contribution in [2.24, 2.45) is 5.73 Å². The van der Waals surface area contributed by atoms with Crippen LogP contribution in [-0.2, 0) is 44.9 Å². The smallest absolute Gasteiger partial charge is 0.327 e. The van der Waals surface area contributed by atoms with E-state index in [4.69, 9.17) is 28.5 Å². The molecule has 3 aromatic heterocycles. The molecular formula is C66H69ClN18O15S2. The van der Waals surface area contributed by atoms with Gasteiger partial charge < -0.3 is 89.6 Å². The molecule has 0 saturated heterocycles. The number of halogens is 1. The first-order valence-corrected chi connectivity index (χ1v) is 34.7. The zero-order valence-corrected chi connectivity index (χ0v) is 56.3. The molecule has 0 spiro atoms. The van der Waals surface area contributed by atoms with Crippen molar-refractivity contribution in [3.8, 4) is 5.75 Å². The van der Waals surface area contributed by atoms with Crippen molar-refractivity contribution < 1.29 is 68.4 Å². The Morgan fingerprint density at radius 3 is 2.25 bits per heavy atom. The lowest BCUT2D eigenvalue weighted by Gasteiger charge is -2.24. The van der Waals surface area contributed by atoms with E-state index in [1.54, 1.807) is 53.5 Å². The summed E-state index contributed by atoms with van der Waals surface area (Å²) in [4.78, 5) is 163. The molecule has 1 aliphatic carbocycles. The van der Waals surface area contributed by atoms with Gasteiger partial charge in [0.2, 0.25) is 29.6 Å². The molecule has 33 nitrogen and oxygen atoms in total. The Hall–Kier alpha value is -11.7. The zero-order chi connectivity index (χ0) is 72.9. The molecule has 3 aliphatic rings. The van der Waals surface area contributed by atoms with E-state index in [-0.39, 0.29) is 108 Å². The number of H-pyrrole nitrogens is 2. The number of aliphatic carboxylic acids is 3. The number of carbonyl (C=O) groups is 10. The molecular weight excluding hydrogens is 1380 g/mol. The first-order chi connectivity index (χ1) is 48.9. The molecule has 3 unspecified atom stereocenters. The molecule has 0 bridgehead atoms. The number of nitrogens with two attached hydrogens (primary N) is 2. The summed E-state index contributed by atoms with van der Waals surface area (Å²) in [5.74, 6) is -10.1. The summed E-state index contributed by atoms with van der Waals surface area (Å²) in [5, 5.41) is 74.2. The Morgan fingerprint density at radius 2 is 1.51 bits per heavy atom. The van der Waals surface area contributed by atoms with Gasteiger partial charge in [-0.25, -0.2) is 19.6 Å². The molecule has 4 aromatic carbocycles. The van der Waals surface area contributed by atoms with E-state index in [1.165, 1.54) is 30.5 Å². The standard InChI is InChI=1S/C66H69ClN18O15S2/c67-26-34-29-85(49-25-50(86)39-4-1-2-5-40(39)54(34)49)62(96)47-23-33-21-37(12-14-42(33)78-47)76-59(93)45-22-32-20-36(11-13-41(32)77-45)74-52(88)17-19-101-102-30-48(64(99)100)82-60(94)46(24-53(89)90)81-58(92)43(6-3-18-71-65(68)69)79-51(87)16-15-44(63(97)98)80-57(91)31-7-9-35(10-8-31)72-27-38-28-73-56-55(75-38)61(95)84-66(70)83-56/h1-2,4-5,7-12,14,20-23,25,28,34,41,43-44,46,48,72,77-78,86H,3,6,13,15-19,24,26-27,29-30H2,(H,74,88)(H,76,93)(H,79,87)(H,80,91)(H,81,92)(H,82,94)(H,89,90)(H,97,98)(H,99,100)(H4,68,69,71)(H3,70,73,83,84,95)/t34?,41?,43-,44-,46-,48?/m1/s1. The highest BCUT2D eigenvalue weighted by atomic mass is 35.5. The van der Waals surface area contributed by atoms with E-state index < -0.39 is 102 Å². The van der Waals surface area contributed by atoms with Crippen LogP contribution in [0.3, 0.4) is 0 Å². The maximum Gasteiger partial charge on any atom is 0.327 e. The molecule has 7 aromatic rings. The third-order valence-electron chi connectivity index (χ3n) is 16.5. The Labute approximate surface area is 591 Å². The molecule has 20 N–H and O–H groups in total. The molecule has 5 heterocycles. The number of benzene rings is 4. The fourth-order valence-electron chi connectivity index (χ4n) is 11.5. The molecule has 0 saturated carbocycles. The van der Waals surface area contributed by atoms with Crippen molar-refractivity contribution in [2.75, 3.05) is 51.7 Å². The van der Waals surface area contributed by atoms with E-state index in [0.717, 1.165) is 38.1 Å². The number of phenolic OH excluding ortho intramolecular Hbond substituents is 1. The van der Waals surface area contributed by atoms with Crippen LogP contribution in [0.4, 0.5) is 23.0 Å². The van der Waals surface area contributed by atoms with E-state index in [1.807, 2.05) is 24.3 Å². The molecule has 7 amide bonds. The second-order valence-electron chi connectivity index (χ2n) is 23.8. The van der Waals surface area contributed by atoms with E-state index in [0.29, 0.717) is 63.4 Å². The molecule has 2 aliphatic heterocycles. The number of allylic oxidation sites excluding steroid dienone is 1. The first kappa shape index (κ1) is 73.0. The summed E-state index contributed by atoms with van der Waals surface area (Å²) in [6, 6.07) is 14.9. The maximum absolute atomic E-state index is 14.1. The molecule has 36 heteroatoms. The van der Waals surface area contributed by atoms with Crippen molar-refractivity contribution in [1.29, 1.82) is 5.41 Å². The van der Waals surface area contributed by atoms with Crippen LogP contribution in [0, 0.1) is 5.41 Å². The predicted octanol–water partition coefficient (Wildman–Crippen LogP) is 3.07. The minimum atomic E-state index is -1.87. The van der Waals surface area contributed by atoms with Gasteiger partial charge in [0.1, 0.15) is 41.3 Å². The number of phenols is 1. The van der Waals surface area contributed by atoms with Crippen LogP contribution in [0.5, 0.6) is 5.75 Å². The Bertz CT molecular complexity index is 4660. The van der Waals surface area contributed by atoms with Gasteiger partial charge in [0.15, 0.2) is 17.1 Å². The second-order valence-corrected chi connectivity index (χ2v) is 26.7. The van der Waals surface area contributed by atoms with Gasteiger partial charge in [0.05, 0.1) is 36.6 Å². The highest BCUT2D eigenvalue weighted by Gasteiger charge is 2.37. The monoisotopic (exact) mass is 1450 g/mol. The number of hydrogen-bond donors (Lipinski definition) is 18. The van der Waals surface area contributed by atoms with Gasteiger partial charge in [-0.1, -0.05) is 51.9 Å². The van der Waals surface area contributed by atoms with Gasteiger partial charge >= 0.3 is 17.9 Å². The fourth-order valence-corrected chi connectivity index (χ4v) is 13.9. The average Bonchev–Trinajstić information content (AvgIpc) is 1.58. The number of aromatic hydroxyl groups is 1. The van der Waals surface area contributed by atoms with Crippen LogP contribution in [0.1, 0.15) is 83.0 Å². The number of carboxylic acid groups (broad SMARTS) is 3. The summed E-state index contributed by atoms with van der Waals surface area (Å²) >= 11 is 6.41. The number of alkyl halides is 1. The molecule has 532 valence electrons. The van der Waals surface area contributed by atoms with Gasteiger partial charge in [0.25, 0.3) is 23.3 Å². The van der Waals surface area contributed by atoms with Crippen molar-refractivity contribution in [2.45, 2.75) is 87.6 Å². The number of rotatable bonds is 32. The number of nitrogens with one attached hydrogen (secondary N) is 12. The van der Waals surface area contributed by atoms with Crippen molar-refractivity contribution in [1.82, 2.24) is 62.1 Å². The summed E-state index contributed by atoms with van der Waals surface area (Å²) in [5.41, 5.74) is 15.8. The van der Waals surface area contributed by atoms with Gasteiger partial charge in [-0.15, -0.1) is 11.6 Å². The summed E-state index contributed by atoms with van der Waals surface area (Å²) in [6.45, 7) is 0.464. The number of nitrogen functional groups attached to an aromatic ring is 1. The largest absolute Gasteiger partial charge is 0.507 e. The molecule has 102 heavy (non-hydrogen) atoms. The van der Waals surface area contributed by atoms with Crippen LogP contribution in [0.15, 0.2) is 125 Å².